The molecule has 0 saturated carbocycles. The van der Waals surface area contributed by atoms with Crippen molar-refractivity contribution in [1.82, 2.24) is 0 Å². The highest BCUT2D eigenvalue weighted by Crippen LogP contribution is 2.48. The standard InChI is InChI=1S/C12H12F2O4/c1-18-8-3-2-7-4-5-11(17,9(7)6-8)12(13,14)10(15)16/h2-3,6,17H,4-5H2,1H3,(H,15,16). The van der Waals surface area contributed by atoms with Crippen molar-refractivity contribution in [3.8, 4) is 5.75 Å². The van der Waals surface area contributed by atoms with Crippen LogP contribution in [0.2, 0.25) is 0 Å². The number of carboxylic acid groups (broad SMARTS) is 1. The first-order valence-electron chi connectivity index (χ1n) is 5.34. The normalized spacial score (nSPS) is 22.7. The second kappa shape index (κ2) is 3.91. The summed E-state index contributed by atoms with van der Waals surface area (Å²) in [5, 5.41) is 18.7. The maximum Gasteiger partial charge on any atom is 0.378 e. The van der Waals surface area contributed by atoms with Gasteiger partial charge in [0.25, 0.3) is 0 Å². The van der Waals surface area contributed by atoms with E-state index in [1.807, 2.05) is 0 Å². The minimum absolute atomic E-state index is 0.0748. The number of hydrogen-bond acceptors (Lipinski definition) is 3. The zero-order chi connectivity index (χ0) is 13.6. The topological polar surface area (TPSA) is 66.8 Å². The van der Waals surface area contributed by atoms with Crippen molar-refractivity contribution in [2.45, 2.75) is 24.4 Å². The van der Waals surface area contributed by atoms with Gasteiger partial charge in [-0.1, -0.05) is 6.07 Å². The molecule has 2 rings (SSSR count). The van der Waals surface area contributed by atoms with E-state index < -0.39 is 17.5 Å². The third kappa shape index (κ3) is 1.56. The molecule has 2 N–H and O–H groups in total. The summed E-state index contributed by atoms with van der Waals surface area (Å²) in [6.45, 7) is 0. The van der Waals surface area contributed by atoms with E-state index in [0.717, 1.165) is 0 Å². The fraction of sp³-hybridized carbons (Fsp3) is 0.417. The first-order valence-corrected chi connectivity index (χ1v) is 5.34. The van der Waals surface area contributed by atoms with Crippen LogP contribution in [0.1, 0.15) is 17.5 Å². The van der Waals surface area contributed by atoms with Crippen molar-refractivity contribution in [1.29, 1.82) is 0 Å². The number of fused-ring (bicyclic) bond motifs is 1. The number of aliphatic carboxylic acids is 1. The van der Waals surface area contributed by atoms with Crippen molar-refractivity contribution in [2.24, 2.45) is 0 Å². The summed E-state index contributed by atoms with van der Waals surface area (Å²) in [5.74, 6) is -6.26. The highest BCUT2D eigenvalue weighted by Gasteiger charge is 2.62. The van der Waals surface area contributed by atoms with Crippen molar-refractivity contribution in [3.63, 3.8) is 0 Å². The summed E-state index contributed by atoms with van der Waals surface area (Å²) in [4.78, 5) is 10.6. The summed E-state index contributed by atoms with van der Waals surface area (Å²) in [5.41, 5.74) is -2.24. The molecule has 0 heterocycles. The highest BCUT2D eigenvalue weighted by molar-refractivity contribution is 5.78. The molecule has 0 aromatic heterocycles. The van der Waals surface area contributed by atoms with Gasteiger partial charge >= 0.3 is 11.9 Å². The smallest absolute Gasteiger partial charge is 0.378 e. The Balaban J connectivity index is 2.56. The molecule has 18 heavy (non-hydrogen) atoms. The summed E-state index contributed by atoms with van der Waals surface area (Å²) in [6.07, 6.45) is -0.118. The average molecular weight is 258 g/mol. The Bertz CT molecular complexity index is 501. The average Bonchev–Trinajstić information content (AvgIpc) is 2.68. The van der Waals surface area contributed by atoms with Gasteiger partial charge in [-0.05, 0) is 36.1 Å². The van der Waals surface area contributed by atoms with Crippen LogP contribution in [-0.2, 0) is 16.8 Å². The Morgan fingerprint density at radius 1 is 1.50 bits per heavy atom. The Morgan fingerprint density at radius 2 is 2.17 bits per heavy atom. The van der Waals surface area contributed by atoms with Gasteiger partial charge in [0.05, 0.1) is 7.11 Å². The number of aliphatic hydroxyl groups is 1. The van der Waals surface area contributed by atoms with E-state index in [-0.39, 0.29) is 18.4 Å². The van der Waals surface area contributed by atoms with Crippen LogP contribution in [0.25, 0.3) is 0 Å². The van der Waals surface area contributed by atoms with Gasteiger partial charge < -0.3 is 14.9 Å². The molecule has 1 unspecified atom stereocenters. The summed E-state index contributed by atoms with van der Waals surface area (Å²) in [6, 6.07) is 4.41. The van der Waals surface area contributed by atoms with E-state index in [9.17, 15) is 18.7 Å². The predicted molar refractivity (Wildman–Crippen MR) is 57.8 cm³/mol. The minimum Gasteiger partial charge on any atom is -0.497 e. The van der Waals surface area contributed by atoms with Crippen molar-refractivity contribution >= 4 is 5.97 Å². The minimum atomic E-state index is -4.23. The summed E-state index contributed by atoms with van der Waals surface area (Å²) >= 11 is 0. The molecule has 0 fully saturated rings. The first kappa shape index (κ1) is 12.8. The molecule has 0 amide bonds. The molecule has 1 aliphatic rings. The number of aryl methyl sites for hydroxylation is 1. The number of methoxy groups -OCH3 is 1. The summed E-state index contributed by atoms with van der Waals surface area (Å²) in [7, 11) is 1.37. The van der Waals surface area contributed by atoms with Gasteiger partial charge in [-0.25, -0.2) is 4.79 Å². The monoisotopic (exact) mass is 258 g/mol. The number of carbonyl (C=O) groups is 1. The van der Waals surface area contributed by atoms with E-state index >= 15 is 0 Å². The van der Waals surface area contributed by atoms with Crippen molar-refractivity contribution in [3.05, 3.63) is 29.3 Å². The quantitative estimate of drug-likeness (QED) is 0.863. The third-order valence-electron chi connectivity index (χ3n) is 3.31. The lowest BCUT2D eigenvalue weighted by atomic mass is 9.88. The SMILES string of the molecule is COc1ccc2c(c1)C(O)(C(F)(F)C(=O)O)CC2. The predicted octanol–water partition coefficient (Wildman–Crippen LogP) is 1.55. The summed E-state index contributed by atoms with van der Waals surface area (Å²) < 4.78 is 32.2. The number of ether oxygens (including phenoxy) is 1. The fourth-order valence-corrected chi connectivity index (χ4v) is 2.24. The lowest BCUT2D eigenvalue weighted by Crippen LogP contribution is -2.49. The number of carboxylic acids is 1. The van der Waals surface area contributed by atoms with Crippen LogP contribution >= 0.6 is 0 Å². The molecule has 1 aliphatic carbocycles. The van der Waals surface area contributed by atoms with Gasteiger partial charge in [0.15, 0.2) is 5.60 Å². The number of halogens is 2. The second-order valence-corrected chi connectivity index (χ2v) is 4.26. The highest BCUT2D eigenvalue weighted by atomic mass is 19.3. The number of rotatable bonds is 3. The van der Waals surface area contributed by atoms with Gasteiger partial charge in [0.2, 0.25) is 0 Å². The molecule has 1 aromatic rings. The van der Waals surface area contributed by atoms with Gasteiger partial charge in [-0.15, -0.1) is 0 Å². The molecule has 0 saturated heterocycles. The first-order chi connectivity index (χ1) is 8.33. The van der Waals surface area contributed by atoms with Crippen LogP contribution in [0.3, 0.4) is 0 Å². The van der Waals surface area contributed by atoms with Crippen LogP contribution in [0.5, 0.6) is 5.75 Å². The Kier molecular flexibility index (Phi) is 2.77. The van der Waals surface area contributed by atoms with E-state index in [1.165, 1.54) is 13.2 Å². The molecule has 1 atom stereocenters. The molecule has 98 valence electrons. The number of alkyl halides is 2. The van der Waals surface area contributed by atoms with Crippen LogP contribution in [0, 0.1) is 0 Å². The molecule has 0 bridgehead atoms. The third-order valence-corrected chi connectivity index (χ3v) is 3.31. The fourth-order valence-electron chi connectivity index (χ4n) is 2.24. The maximum absolute atomic E-state index is 13.7. The molecule has 1 aromatic carbocycles. The van der Waals surface area contributed by atoms with Crippen molar-refractivity contribution < 1.29 is 28.5 Å². The zero-order valence-electron chi connectivity index (χ0n) is 9.61. The van der Waals surface area contributed by atoms with Crippen LogP contribution in [0.4, 0.5) is 8.78 Å². The lowest BCUT2D eigenvalue weighted by molar-refractivity contribution is -0.211. The maximum atomic E-state index is 13.7. The Labute approximate surface area is 102 Å². The van der Waals surface area contributed by atoms with Crippen molar-refractivity contribution in [2.75, 3.05) is 7.11 Å². The Morgan fingerprint density at radius 3 is 2.72 bits per heavy atom. The van der Waals surface area contributed by atoms with Crippen LogP contribution < -0.4 is 4.74 Å². The molecule has 0 radical (unpaired) electrons. The second-order valence-electron chi connectivity index (χ2n) is 4.26. The van der Waals surface area contributed by atoms with E-state index in [1.54, 1.807) is 12.1 Å². The van der Waals surface area contributed by atoms with Gasteiger partial charge in [-0.3, -0.25) is 0 Å². The van der Waals surface area contributed by atoms with Crippen LogP contribution in [0.15, 0.2) is 18.2 Å². The largest absolute Gasteiger partial charge is 0.497 e. The van der Waals surface area contributed by atoms with E-state index in [4.69, 9.17) is 9.84 Å². The van der Waals surface area contributed by atoms with Crippen LogP contribution in [-0.4, -0.2) is 29.2 Å². The van der Waals surface area contributed by atoms with Gasteiger partial charge in [-0.2, -0.15) is 8.78 Å². The number of benzene rings is 1. The Hall–Kier alpha value is -1.69. The molecular formula is C12H12F2O4. The van der Waals surface area contributed by atoms with Gasteiger partial charge in [0.1, 0.15) is 5.75 Å². The lowest BCUT2D eigenvalue weighted by Gasteiger charge is -2.30. The number of hydrogen-bond donors (Lipinski definition) is 2. The molecule has 6 heteroatoms. The molecule has 4 nitrogen and oxygen atoms in total. The molecule has 0 aliphatic heterocycles. The molecular weight excluding hydrogens is 246 g/mol. The van der Waals surface area contributed by atoms with Gasteiger partial charge in [0, 0.05) is 0 Å². The van der Waals surface area contributed by atoms with E-state index in [0.29, 0.717) is 11.3 Å². The zero-order valence-corrected chi connectivity index (χ0v) is 9.61. The van der Waals surface area contributed by atoms with E-state index in [2.05, 4.69) is 0 Å². The molecule has 0 spiro atoms.